The second kappa shape index (κ2) is 10.9. The van der Waals surface area contributed by atoms with Gasteiger partial charge in [0.15, 0.2) is 11.4 Å². The van der Waals surface area contributed by atoms with Crippen molar-refractivity contribution in [2.45, 2.75) is 26.8 Å². The summed E-state index contributed by atoms with van der Waals surface area (Å²) in [4.78, 5) is 31.9. The van der Waals surface area contributed by atoms with Crippen molar-refractivity contribution in [3.63, 3.8) is 0 Å². The first-order chi connectivity index (χ1) is 17.2. The van der Waals surface area contributed by atoms with Gasteiger partial charge in [0.1, 0.15) is 11.8 Å². The van der Waals surface area contributed by atoms with Gasteiger partial charge in [-0.25, -0.2) is 9.79 Å². The number of esters is 1. The van der Waals surface area contributed by atoms with E-state index in [0.717, 1.165) is 15.6 Å². The van der Waals surface area contributed by atoms with E-state index in [1.807, 2.05) is 43.3 Å². The van der Waals surface area contributed by atoms with Crippen LogP contribution in [-0.2, 0) is 9.53 Å². The molecular formula is C26H21Br2N3O4S. The van der Waals surface area contributed by atoms with Crippen molar-refractivity contribution in [1.82, 2.24) is 4.57 Å². The summed E-state index contributed by atoms with van der Waals surface area (Å²) in [6, 6.07) is 12.6. The third-order valence-corrected chi connectivity index (χ3v) is 7.54. The summed E-state index contributed by atoms with van der Waals surface area (Å²) in [7, 11) is 0. The van der Waals surface area contributed by atoms with Gasteiger partial charge in [0, 0.05) is 10.0 Å². The minimum atomic E-state index is -0.674. The molecule has 10 heteroatoms. The Bertz CT molecular complexity index is 1600. The maximum absolute atomic E-state index is 13.8. The fourth-order valence-electron chi connectivity index (χ4n) is 3.94. The van der Waals surface area contributed by atoms with Crippen LogP contribution in [0.2, 0.25) is 0 Å². The van der Waals surface area contributed by atoms with Crippen molar-refractivity contribution in [3.8, 4) is 11.8 Å². The van der Waals surface area contributed by atoms with Gasteiger partial charge in [0.25, 0.3) is 5.56 Å². The van der Waals surface area contributed by atoms with E-state index in [1.54, 1.807) is 30.6 Å². The van der Waals surface area contributed by atoms with Crippen LogP contribution in [0.5, 0.6) is 5.75 Å². The van der Waals surface area contributed by atoms with E-state index in [4.69, 9.17) is 14.7 Å². The molecule has 0 unspecified atom stereocenters. The van der Waals surface area contributed by atoms with E-state index in [9.17, 15) is 9.59 Å². The predicted molar refractivity (Wildman–Crippen MR) is 145 cm³/mol. The molecule has 0 radical (unpaired) electrons. The Labute approximate surface area is 228 Å². The number of rotatable bonds is 6. The van der Waals surface area contributed by atoms with Gasteiger partial charge < -0.3 is 9.47 Å². The molecule has 1 atom stereocenters. The minimum absolute atomic E-state index is 0.141. The van der Waals surface area contributed by atoms with Gasteiger partial charge in [0.05, 0.1) is 32.9 Å². The van der Waals surface area contributed by atoms with Crippen molar-refractivity contribution in [1.29, 1.82) is 5.26 Å². The lowest BCUT2D eigenvalue weighted by molar-refractivity contribution is -0.139. The normalized spacial score (nSPS) is 15.2. The number of hydrogen-bond donors (Lipinski definition) is 0. The molecule has 4 rings (SSSR count). The molecular weight excluding hydrogens is 610 g/mol. The third kappa shape index (κ3) is 5.09. The molecule has 36 heavy (non-hydrogen) atoms. The second-order valence-electron chi connectivity index (χ2n) is 7.97. The molecule has 0 saturated carbocycles. The third-order valence-electron chi connectivity index (χ3n) is 5.51. The number of aromatic nitrogens is 1. The van der Waals surface area contributed by atoms with Crippen LogP contribution >= 0.6 is 43.2 Å². The van der Waals surface area contributed by atoms with Crippen LogP contribution in [0.25, 0.3) is 6.08 Å². The standard InChI is InChI=1S/C26H21Br2N3O4S/c1-4-34-25(33)21-15(3)30-26-31(22(21)16-7-5-14(2)6-8-16)24(32)20(36-26)12-17-11-18(27)13-19(28)23(17)35-10-9-29/h5-8,11-13,22H,4,10H2,1-3H3/b20-12-/t22-/m1/s1. The van der Waals surface area contributed by atoms with Crippen LogP contribution in [0.1, 0.15) is 36.6 Å². The van der Waals surface area contributed by atoms with E-state index < -0.39 is 12.0 Å². The lowest BCUT2D eigenvalue weighted by atomic mass is 9.95. The average Bonchev–Trinajstić information content (AvgIpc) is 3.12. The van der Waals surface area contributed by atoms with Crippen molar-refractivity contribution >= 4 is 55.2 Å². The average molecular weight is 631 g/mol. The van der Waals surface area contributed by atoms with Crippen LogP contribution < -0.4 is 19.6 Å². The fourth-order valence-corrected chi connectivity index (χ4v) is 6.35. The lowest BCUT2D eigenvalue weighted by Gasteiger charge is -2.24. The molecule has 7 nitrogen and oxygen atoms in total. The van der Waals surface area contributed by atoms with Gasteiger partial charge >= 0.3 is 5.97 Å². The van der Waals surface area contributed by atoms with E-state index >= 15 is 0 Å². The molecule has 184 valence electrons. The Balaban J connectivity index is 1.96. The summed E-state index contributed by atoms with van der Waals surface area (Å²) in [5.41, 5.74) is 3.02. The molecule has 0 fully saturated rings. The Morgan fingerprint density at radius 3 is 2.64 bits per heavy atom. The number of nitrogens with zero attached hydrogens (tertiary/aromatic N) is 3. The molecule has 2 heterocycles. The highest BCUT2D eigenvalue weighted by Gasteiger charge is 2.33. The summed E-state index contributed by atoms with van der Waals surface area (Å²) in [6.45, 7) is 5.54. The van der Waals surface area contributed by atoms with Crippen LogP contribution in [0.4, 0.5) is 0 Å². The highest BCUT2D eigenvalue weighted by Crippen LogP contribution is 2.34. The van der Waals surface area contributed by atoms with Crippen LogP contribution in [0.15, 0.2) is 66.4 Å². The zero-order valence-electron chi connectivity index (χ0n) is 19.7. The molecule has 1 aromatic heterocycles. The molecule has 3 aromatic rings. The second-order valence-corrected chi connectivity index (χ2v) is 10.7. The number of nitriles is 1. The number of thiazole rings is 1. The summed E-state index contributed by atoms with van der Waals surface area (Å²) >= 11 is 8.16. The van der Waals surface area contributed by atoms with Gasteiger partial charge in [-0.05, 0) is 60.5 Å². The summed E-state index contributed by atoms with van der Waals surface area (Å²) in [6.07, 6.45) is 1.71. The van der Waals surface area contributed by atoms with E-state index in [-0.39, 0.29) is 18.8 Å². The first-order valence-corrected chi connectivity index (χ1v) is 13.4. The zero-order valence-corrected chi connectivity index (χ0v) is 23.7. The van der Waals surface area contributed by atoms with E-state index in [0.29, 0.717) is 36.4 Å². The molecule has 0 spiro atoms. The van der Waals surface area contributed by atoms with Crippen molar-refractivity contribution in [2.24, 2.45) is 4.99 Å². The van der Waals surface area contributed by atoms with Crippen molar-refractivity contribution in [2.75, 3.05) is 13.2 Å². The van der Waals surface area contributed by atoms with Gasteiger partial charge in [-0.3, -0.25) is 9.36 Å². The molecule has 0 N–H and O–H groups in total. The molecule has 0 aliphatic carbocycles. The number of aryl methyl sites for hydroxylation is 1. The lowest BCUT2D eigenvalue weighted by Crippen LogP contribution is -2.39. The highest BCUT2D eigenvalue weighted by molar-refractivity contribution is 9.11. The first-order valence-electron chi connectivity index (χ1n) is 11.0. The minimum Gasteiger partial charge on any atom is -0.477 e. The molecule has 0 bridgehead atoms. The van der Waals surface area contributed by atoms with Gasteiger partial charge in [-0.15, -0.1) is 0 Å². The number of allylic oxidation sites excluding steroid dienone is 1. The number of carbonyl (C=O) groups is 1. The van der Waals surface area contributed by atoms with Crippen LogP contribution in [0.3, 0.4) is 0 Å². The maximum atomic E-state index is 13.8. The Kier molecular flexibility index (Phi) is 7.93. The topological polar surface area (TPSA) is 93.7 Å². The number of hydrogen-bond acceptors (Lipinski definition) is 7. The summed E-state index contributed by atoms with van der Waals surface area (Å²) < 4.78 is 14.3. The van der Waals surface area contributed by atoms with E-state index in [2.05, 4.69) is 36.9 Å². The number of fused-ring (bicyclic) bond motifs is 1. The van der Waals surface area contributed by atoms with Crippen molar-refractivity contribution in [3.05, 3.63) is 93.0 Å². The quantitative estimate of drug-likeness (QED) is 0.373. The molecule has 0 saturated heterocycles. The summed E-state index contributed by atoms with van der Waals surface area (Å²) in [5, 5.41) is 8.98. The van der Waals surface area contributed by atoms with E-state index in [1.165, 1.54) is 11.3 Å². The fraction of sp³-hybridized carbons (Fsp3) is 0.231. The zero-order chi connectivity index (χ0) is 26.0. The van der Waals surface area contributed by atoms with Gasteiger partial charge in [0.2, 0.25) is 0 Å². The highest BCUT2D eigenvalue weighted by atomic mass is 79.9. The molecule has 1 aliphatic rings. The Morgan fingerprint density at radius 2 is 1.97 bits per heavy atom. The summed E-state index contributed by atoms with van der Waals surface area (Å²) in [5.74, 6) is -0.0502. The van der Waals surface area contributed by atoms with Gasteiger partial charge in [-0.1, -0.05) is 57.1 Å². The number of halogens is 2. The number of ether oxygens (including phenoxy) is 2. The van der Waals surface area contributed by atoms with Crippen LogP contribution in [-0.4, -0.2) is 23.8 Å². The first kappa shape index (κ1) is 26.1. The number of carbonyl (C=O) groups excluding carboxylic acids is 1. The molecule has 2 aromatic carbocycles. The largest absolute Gasteiger partial charge is 0.477 e. The van der Waals surface area contributed by atoms with Gasteiger partial charge in [-0.2, -0.15) is 5.26 Å². The SMILES string of the molecule is CCOC(=O)C1=C(C)N=c2s/c(=C\c3cc(Br)cc(Br)c3OCC#N)c(=O)n2[C@@H]1c1ccc(C)cc1. The van der Waals surface area contributed by atoms with Crippen LogP contribution in [0, 0.1) is 18.3 Å². The smallest absolute Gasteiger partial charge is 0.338 e. The predicted octanol–water partition coefficient (Wildman–Crippen LogP) is 4.53. The Morgan fingerprint density at radius 1 is 1.25 bits per heavy atom. The van der Waals surface area contributed by atoms with Crippen molar-refractivity contribution < 1.29 is 14.3 Å². The Hall–Kier alpha value is -3.00. The monoisotopic (exact) mass is 629 g/mol. The number of benzene rings is 2. The maximum Gasteiger partial charge on any atom is 0.338 e. The molecule has 1 aliphatic heterocycles. The molecule has 0 amide bonds.